The lowest BCUT2D eigenvalue weighted by Crippen LogP contribution is -2.28. The Morgan fingerprint density at radius 3 is 1.65 bits per heavy atom. The number of para-hydroxylation sites is 1. The summed E-state index contributed by atoms with van der Waals surface area (Å²) in [6.45, 7) is 4.76. The Hall–Kier alpha value is -6.18. The maximum Gasteiger partial charge on any atom is 0.0714 e. The molecule has 0 spiro atoms. The summed E-state index contributed by atoms with van der Waals surface area (Å²) in [5.74, 6) is 0. The first-order valence-electron chi connectivity index (χ1n) is 18.0. The Morgan fingerprint density at radius 1 is 0.392 bits per heavy atom. The first-order valence-corrected chi connectivity index (χ1v) is 18.0. The van der Waals surface area contributed by atoms with Crippen LogP contribution in [0, 0.1) is 0 Å². The predicted molar refractivity (Wildman–Crippen MR) is 213 cm³/mol. The minimum absolute atomic E-state index is 0.136. The molecule has 0 heterocycles. The number of fused-ring (bicyclic) bond motifs is 7. The van der Waals surface area contributed by atoms with Gasteiger partial charge in [-0.3, -0.25) is 0 Å². The van der Waals surface area contributed by atoms with Gasteiger partial charge in [0.2, 0.25) is 0 Å². The number of hydrogen-bond acceptors (Lipinski definition) is 1. The molecule has 0 fully saturated rings. The summed E-state index contributed by atoms with van der Waals surface area (Å²) in [5, 5.41) is 2.50. The Bertz CT molecular complexity index is 2560. The van der Waals surface area contributed by atoms with Crippen LogP contribution in [0.1, 0.15) is 47.2 Å². The van der Waals surface area contributed by atoms with Crippen LogP contribution in [0.2, 0.25) is 0 Å². The van der Waals surface area contributed by atoms with E-state index in [2.05, 4.69) is 207 Å². The van der Waals surface area contributed by atoms with Crippen LogP contribution < -0.4 is 4.90 Å². The van der Waals surface area contributed by atoms with Crippen molar-refractivity contribution in [3.63, 3.8) is 0 Å². The SMILES string of the molecule is CC1(C)c2ccccc2-c2c1cc1ccccc1c2N(c1ccccc1)c1ccc2c(c1)C(c1ccccc1)(c1ccccc1)c1ccccc1-2. The third-order valence-corrected chi connectivity index (χ3v) is 11.5. The molecule has 51 heavy (non-hydrogen) atoms. The molecule has 0 aromatic heterocycles. The fourth-order valence-corrected chi connectivity index (χ4v) is 9.27. The molecule has 0 radical (unpaired) electrons. The third-order valence-electron chi connectivity index (χ3n) is 11.5. The van der Waals surface area contributed by atoms with Crippen LogP contribution in [-0.2, 0) is 10.8 Å². The normalized spacial score (nSPS) is 14.4. The Balaban J connectivity index is 1.33. The zero-order valence-corrected chi connectivity index (χ0v) is 28.8. The highest BCUT2D eigenvalue weighted by Crippen LogP contribution is 2.59. The molecule has 10 rings (SSSR count). The molecule has 0 N–H and O–H groups in total. The summed E-state index contributed by atoms with van der Waals surface area (Å²) in [5.41, 5.74) is 16.0. The van der Waals surface area contributed by atoms with Crippen LogP contribution in [0.25, 0.3) is 33.0 Å². The Labute approximate surface area is 300 Å². The molecule has 0 bridgehead atoms. The van der Waals surface area contributed by atoms with E-state index in [1.165, 1.54) is 72.1 Å². The number of nitrogens with zero attached hydrogens (tertiary/aromatic N) is 1. The van der Waals surface area contributed by atoms with E-state index in [1.807, 2.05) is 0 Å². The fourth-order valence-electron chi connectivity index (χ4n) is 9.27. The molecule has 0 amide bonds. The zero-order valence-electron chi connectivity index (χ0n) is 28.8. The molecule has 0 unspecified atom stereocenters. The molecule has 0 aliphatic heterocycles. The molecule has 242 valence electrons. The van der Waals surface area contributed by atoms with Crippen LogP contribution in [0.3, 0.4) is 0 Å². The highest BCUT2D eigenvalue weighted by Gasteiger charge is 2.46. The van der Waals surface area contributed by atoms with Gasteiger partial charge in [0.05, 0.1) is 11.1 Å². The lowest BCUT2D eigenvalue weighted by atomic mass is 9.67. The van der Waals surface area contributed by atoms with E-state index < -0.39 is 5.41 Å². The van der Waals surface area contributed by atoms with Gasteiger partial charge in [-0.2, -0.15) is 0 Å². The van der Waals surface area contributed by atoms with Crippen molar-refractivity contribution in [1.29, 1.82) is 0 Å². The van der Waals surface area contributed by atoms with Gasteiger partial charge in [-0.1, -0.05) is 172 Å². The van der Waals surface area contributed by atoms with Crippen molar-refractivity contribution in [2.24, 2.45) is 0 Å². The van der Waals surface area contributed by atoms with Gasteiger partial charge >= 0.3 is 0 Å². The molecule has 8 aromatic carbocycles. The molecule has 1 nitrogen and oxygen atoms in total. The van der Waals surface area contributed by atoms with Crippen molar-refractivity contribution in [2.75, 3.05) is 4.90 Å². The molecule has 0 atom stereocenters. The summed E-state index contributed by atoms with van der Waals surface area (Å²) in [6, 6.07) is 69.7. The van der Waals surface area contributed by atoms with Gasteiger partial charge in [0.15, 0.2) is 0 Å². The molecular formula is C50H37N. The highest BCUT2D eigenvalue weighted by molar-refractivity contribution is 6.10. The smallest absolute Gasteiger partial charge is 0.0714 e. The van der Waals surface area contributed by atoms with Gasteiger partial charge in [0.1, 0.15) is 0 Å². The van der Waals surface area contributed by atoms with Gasteiger partial charge < -0.3 is 4.90 Å². The summed E-state index contributed by atoms with van der Waals surface area (Å²) >= 11 is 0. The molecule has 0 saturated carbocycles. The molecule has 2 aliphatic carbocycles. The lowest BCUT2D eigenvalue weighted by Gasteiger charge is -2.35. The first-order chi connectivity index (χ1) is 25.1. The first kappa shape index (κ1) is 29.7. The number of anilines is 3. The summed E-state index contributed by atoms with van der Waals surface area (Å²) < 4.78 is 0. The number of rotatable bonds is 5. The second-order valence-electron chi connectivity index (χ2n) is 14.5. The second kappa shape index (κ2) is 11.2. The van der Waals surface area contributed by atoms with Crippen molar-refractivity contribution >= 4 is 27.8 Å². The van der Waals surface area contributed by atoms with Crippen LogP contribution in [0.5, 0.6) is 0 Å². The monoisotopic (exact) mass is 651 g/mol. The van der Waals surface area contributed by atoms with Gasteiger partial charge in [-0.15, -0.1) is 0 Å². The van der Waals surface area contributed by atoms with Crippen LogP contribution in [0.15, 0.2) is 188 Å². The maximum absolute atomic E-state index is 2.53. The van der Waals surface area contributed by atoms with E-state index >= 15 is 0 Å². The van der Waals surface area contributed by atoms with Crippen molar-refractivity contribution in [1.82, 2.24) is 0 Å². The third kappa shape index (κ3) is 4.15. The van der Waals surface area contributed by atoms with Gasteiger partial charge in [0.25, 0.3) is 0 Å². The van der Waals surface area contributed by atoms with Crippen molar-refractivity contribution in [2.45, 2.75) is 24.7 Å². The average molecular weight is 652 g/mol. The van der Waals surface area contributed by atoms with E-state index in [1.54, 1.807) is 0 Å². The number of hydrogen-bond donors (Lipinski definition) is 0. The van der Waals surface area contributed by atoms with Crippen molar-refractivity contribution in [3.05, 3.63) is 221 Å². The lowest BCUT2D eigenvalue weighted by molar-refractivity contribution is 0.661. The second-order valence-corrected chi connectivity index (χ2v) is 14.5. The van der Waals surface area contributed by atoms with Crippen LogP contribution in [0.4, 0.5) is 17.1 Å². The van der Waals surface area contributed by atoms with E-state index in [9.17, 15) is 0 Å². The van der Waals surface area contributed by atoms with Gasteiger partial charge in [-0.05, 0) is 85.8 Å². The fraction of sp³-hybridized carbons (Fsp3) is 0.0800. The van der Waals surface area contributed by atoms with Gasteiger partial charge in [0, 0.05) is 27.7 Å². The largest absolute Gasteiger partial charge is 0.309 e. The summed E-state index contributed by atoms with van der Waals surface area (Å²) in [7, 11) is 0. The molecular weight excluding hydrogens is 615 g/mol. The Kier molecular flexibility index (Phi) is 6.51. The van der Waals surface area contributed by atoms with E-state index in [0.717, 1.165) is 11.4 Å². The topological polar surface area (TPSA) is 3.24 Å². The number of benzene rings is 8. The average Bonchev–Trinajstić information content (AvgIpc) is 3.61. The zero-order chi connectivity index (χ0) is 34.2. The quantitative estimate of drug-likeness (QED) is 0.179. The van der Waals surface area contributed by atoms with Crippen molar-refractivity contribution in [3.8, 4) is 22.3 Å². The predicted octanol–water partition coefficient (Wildman–Crippen LogP) is 13.0. The highest BCUT2D eigenvalue weighted by atomic mass is 15.1. The molecule has 0 saturated heterocycles. The minimum Gasteiger partial charge on any atom is -0.309 e. The molecule has 1 heteroatoms. The van der Waals surface area contributed by atoms with E-state index in [0.29, 0.717) is 0 Å². The van der Waals surface area contributed by atoms with Crippen LogP contribution in [-0.4, -0.2) is 0 Å². The van der Waals surface area contributed by atoms with Crippen LogP contribution >= 0.6 is 0 Å². The molecule has 8 aromatic rings. The van der Waals surface area contributed by atoms with E-state index in [-0.39, 0.29) is 5.41 Å². The van der Waals surface area contributed by atoms with E-state index in [4.69, 9.17) is 0 Å². The molecule has 2 aliphatic rings. The summed E-state index contributed by atoms with van der Waals surface area (Å²) in [4.78, 5) is 2.53. The summed E-state index contributed by atoms with van der Waals surface area (Å²) in [6.07, 6.45) is 0. The van der Waals surface area contributed by atoms with Crippen molar-refractivity contribution < 1.29 is 0 Å². The minimum atomic E-state index is -0.484. The standard InChI is InChI=1S/C50H37N/c1-49(2)43-28-16-15-27-42(43)47-46(49)32-34-18-12-13-25-39(34)48(47)51(37-23-10-5-11-24-37)38-30-31-41-40-26-14-17-29-44(40)50(45(41)33-38,35-19-6-3-7-20-35)36-21-8-4-9-22-36/h3-33H,1-2H3. The Morgan fingerprint density at radius 2 is 0.941 bits per heavy atom. The maximum atomic E-state index is 2.53. The van der Waals surface area contributed by atoms with Gasteiger partial charge in [-0.25, -0.2) is 0 Å².